The topological polar surface area (TPSA) is 82.4 Å². The Morgan fingerprint density at radius 2 is 1.53 bits per heavy atom. The molecule has 0 saturated carbocycles. The Kier molecular flexibility index (Phi) is 6.10. The number of ether oxygens (including phenoxy) is 1. The normalized spacial score (nSPS) is 17.1. The van der Waals surface area contributed by atoms with E-state index < -0.39 is 33.6 Å². The van der Waals surface area contributed by atoms with Crippen LogP contribution in [-0.2, 0) is 19.6 Å². The molecule has 0 radical (unpaired) electrons. The number of ketones is 1. The lowest BCUT2D eigenvalue weighted by molar-refractivity contribution is -0.146. The maximum Gasteiger partial charge on any atom is 0.317 e. The number of nitrogens with zero attached hydrogens (tertiary/aromatic N) is 1. The molecular weight excluding hydrogens is 474 g/mol. The van der Waals surface area contributed by atoms with Crippen molar-refractivity contribution < 1.29 is 22.7 Å². The van der Waals surface area contributed by atoms with Crippen LogP contribution in [0.25, 0.3) is 11.3 Å². The summed E-state index contributed by atoms with van der Waals surface area (Å²) in [4.78, 5) is 27.0. The lowest BCUT2D eigenvalue weighted by atomic mass is 9.85. The number of aryl methyl sites for hydroxylation is 1. The molecule has 0 fully saturated rings. The van der Waals surface area contributed by atoms with Crippen LogP contribution >= 0.6 is 0 Å². The predicted octanol–water partition coefficient (Wildman–Crippen LogP) is 5.21. The highest BCUT2D eigenvalue weighted by atomic mass is 32.2. The Balaban J connectivity index is 1.81. The molecule has 0 spiro atoms. The molecule has 4 aromatic rings. The van der Waals surface area contributed by atoms with Gasteiger partial charge in [-0.25, -0.2) is 12.4 Å². The van der Waals surface area contributed by atoms with E-state index in [2.05, 4.69) is 0 Å². The highest BCUT2D eigenvalue weighted by Crippen LogP contribution is 2.47. The molecule has 0 amide bonds. The summed E-state index contributed by atoms with van der Waals surface area (Å²) in [6, 6.07) is 26.5. The van der Waals surface area contributed by atoms with Gasteiger partial charge in [0.2, 0.25) is 0 Å². The van der Waals surface area contributed by atoms with Gasteiger partial charge in [0.15, 0.2) is 5.78 Å². The fourth-order valence-electron chi connectivity index (χ4n) is 4.85. The first-order chi connectivity index (χ1) is 17.3. The van der Waals surface area contributed by atoms with Crippen LogP contribution in [0.4, 0.5) is 0 Å². The Morgan fingerprint density at radius 3 is 2.14 bits per heavy atom. The van der Waals surface area contributed by atoms with Gasteiger partial charge in [0.05, 0.1) is 17.2 Å². The number of carbonyl (C=O) groups excluding carboxylic acids is 2. The molecule has 6 nitrogen and oxygen atoms in total. The molecular formula is C29H25NO5S. The molecule has 1 aromatic heterocycles. The molecule has 1 aliphatic rings. The molecule has 7 heteroatoms. The van der Waals surface area contributed by atoms with Crippen LogP contribution < -0.4 is 0 Å². The lowest BCUT2D eigenvalue weighted by Crippen LogP contribution is -2.29. The summed E-state index contributed by atoms with van der Waals surface area (Å²) in [6.45, 7) is 3.67. The zero-order valence-corrected chi connectivity index (χ0v) is 20.7. The molecule has 0 saturated heterocycles. The van der Waals surface area contributed by atoms with Gasteiger partial charge in [-0.3, -0.25) is 9.59 Å². The zero-order valence-electron chi connectivity index (χ0n) is 19.9. The first-order valence-corrected chi connectivity index (χ1v) is 13.2. The second kappa shape index (κ2) is 9.24. The third-order valence-electron chi connectivity index (χ3n) is 6.50. The Hall–Kier alpha value is -3.97. The van der Waals surface area contributed by atoms with Crippen molar-refractivity contribution >= 4 is 21.8 Å². The van der Waals surface area contributed by atoms with Crippen LogP contribution in [0.1, 0.15) is 40.0 Å². The summed E-state index contributed by atoms with van der Waals surface area (Å²) in [5, 5.41) is 0. The van der Waals surface area contributed by atoms with Crippen molar-refractivity contribution in [2.24, 2.45) is 5.92 Å². The lowest BCUT2D eigenvalue weighted by Gasteiger charge is -2.19. The molecule has 0 bridgehead atoms. The number of fused-ring (bicyclic) bond motifs is 1. The quantitative estimate of drug-likeness (QED) is 0.269. The van der Waals surface area contributed by atoms with Crippen molar-refractivity contribution in [2.75, 3.05) is 6.61 Å². The van der Waals surface area contributed by atoms with Gasteiger partial charge in [0.1, 0.15) is 11.6 Å². The summed E-state index contributed by atoms with van der Waals surface area (Å²) < 4.78 is 34.5. The summed E-state index contributed by atoms with van der Waals surface area (Å²) in [5.74, 6) is -3.05. The van der Waals surface area contributed by atoms with E-state index in [4.69, 9.17) is 4.74 Å². The minimum absolute atomic E-state index is 0.00124. The first-order valence-electron chi connectivity index (χ1n) is 11.7. The van der Waals surface area contributed by atoms with Gasteiger partial charge in [-0.1, -0.05) is 78.4 Å². The SMILES string of the molecule is CCOC(=O)[C@H]1C(=O)c2c(cc(-c3ccccc3)n2S(=O)(=O)c2ccc(C)cc2)[C@@H]1c1ccccc1. The van der Waals surface area contributed by atoms with E-state index in [1.807, 2.05) is 55.5 Å². The molecule has 0 N–H and O–H groups in total. The molecule has 1 aliphatic carbocycles. The molecule has 3 aromatic carbocycles. The van der Waals surface area contributed by atoms with Gasteiger partial charge in [0.25, 0.3) is 10.0 Å². The molecule has 0 aliphatic heterocycles. The average Bonchev–Trinajstić information content (AvgIpc) is 3.41. The Morgan fingerprint density at radius 1 is 0.917 bits per heavy atom. The van der Waals surface area contributed by atoms with E-state index >= 15 is 0 Å². The highest BCUT2D eigenvalue weighted by molar-refractivity contribution is 7.90. The third kappa shape index (κ3) is 3.85. The van der Waals surface area contributed by atoms with Crippen molar-refractivity contribution in [3.05, 3.63) is 113 Å². The number of aromatic nitrogens is 1. The number of hydrogen-bond acceptors (Lipinski definition) is 5. The monoisotopic (exact) mass is 499 g/mol. The molecule has 5 rings (SSSR count). The molecule has 0 unspecified atom stereocenters. The number of hydrogen-bond donors (Lipinski definition) is 0. The standard InChI is InChI=1S/C29H25NO5S/c1-3-35-29(32)26-25(21-12-8-5-9-13-21)23-18-24(20-10-6-4-7-11-20)30(27(23)28(26)31)36(33,34)22-16-14-19(2)15-17-22/h4-18,25-26H,3H2,1-2H3/t25-,26+/m0/s1. The second-order valence-corrected chi connectivity index (χ2v) is 10.6. The molecule has 2 atom stereocenters. The van der Waals surface area contributed by atoms with Gasteiger partial charge in [-0.2, -0.15) is 0 Å². The number of Topliss-reactive ketones (excluding diaryl/α,β-unsaturated/α-hetero) is 1. The van der Waals surface area contributed by atoms with Crippen LogP contribution in [0.2, 0.25) is 0 Å². The van der Waals surface area contributed by atoms with E-state index in [0.29, 0.717) is 16.8 Å². The minimum Gasteiger partial charge on any atom is -0.465 e. The van der Waals surface area contributed by atoms with Crippen LogP contribution in [-0.4, -0.2) is 30.7 Å². The van der Waals surface area contributed by atoms with Crippen LogP contribution in [0.5, 0.6) is 0 Å². The van der Waals surface area contributed by atoms with Crippen LogP contribution in [0.3, 0.4) is 0 Å². The Bertz CT molecular complexity index is 1540. The van der Waals surface area contributed by atoms with Crippen molar-refractivity contribution in [1.29, 1.82) is 0 Å². The van der Waals surface area contributed by atoms with Gasteiger partial charge in [0, 0.05) is 5.92 Å². The predicted molar refractivity (Wildman–Crippen MR) is 136 cm³/mol. The fourth-order valence-corrected chi connectivity index (χ4v) is 6.40. The highest BCUT2D eigenvalue weighted by Gasteiger charge is 2.50. The fraction of sp³-hybridized carbons (Fsp3) is 0.172. The van der Waals surface area contributed by atoms with E-state index in [9.17, 15) is 18.0 Å². The summed E-state index contributed by atoms with van der Waals surface area (Å²) >= 11 is 0. The zero-order chi connectivity index (χ0) is 25.4. The average molecular weight is 500 g/mol. The van der Waals surface area contributed by atoms with Gasteiger partial charge < -0.3 is 4.74 Å². The van der Waals surface area contributed by atoms with Crippen LogP contribution in [0, 0.1) is 12.8 Å². The van der Waals surface area contributed by atoms with Gasteiger partial charge in [-0.05, 0) is 48.7 Å². The van der Waals surface area contributed by atoms with Crippen LogP contribution in [0.15, 0.2) is 95.9 Å². The van der Waals surface area contributed by atoms with Gasteiger partial charge in [-0.15, -0.1) is 0 Å². The molecule has 182 valence electrons. The maximum atomic E-state index is 14.0. The number of benzene rings is 3. The van der Waals surface area contributed by atoms with E-state index in [1.54, 1.807) is 37.3 Å². The molecule has 1 heterocycles. The van der Waals surface area contributed by atoms with E-state index in [1.165, 1.54) is 12.1 Å². The number of esters is 1. The third-order valence-corrected chi connectivity index (χ3v) is 8.23. The summed E-state index contributed by atoms with van der Waals surface area (Å²) in [6.07, 6.45) is 0. The molecule has 36 heavy (non-hydrogen) atoms. The summed E-state index contributed by atoms with van der Waals surface area (Å²) in [7, 11) is -4.17. The van der Waals surface area contributed by atoms with Crippen molar-refractivity contribution in [3.63, 3.8) is 0 Å². The van der Waals surface area contributed by atoms with Crippen molar-refractivity contribution in [1.82, 2.24) is 3.97 Å². The first kappa shape index (κ1) is 23.8. The van der Waals surface area contributed by atoms with Gasteiger partial charge >= 0.3 is 5.97 Å². The number of rotatable bonds is 6. The van der Waals surface area contributed by atoms with E-state index in [0.717, 1.165) is 15.1 Å². The largest absolute Gasteiger partial charge is 0.465 e. The number of carbonyl (C=O) groups is 2. The Labute approximate surface area is 210 Å². The minimum atomic E-state index is -4.17. The second-order valence-electron chi connectivity index (χ2n) is 8.76. The summed E-state index contributed by atoms with van der Waals surface area (Å²) in [5.41, 5.74) is 3.18. The smallest absolute Gasteiger partial charge is 0.317 e. The van der Waals surface area contributed by atoms with Crippen molar-refractivity contribution in [2.45, 2.75) is 24.7 Å². The van der Waals surface area contributed by atoms with Crippen molar-refractivity contribution in [3.8, 4) is 11.3 Å². The van der Waals surface area contributed by atoms with E-state index in [-0.39, 0.29) is 17.2 Å². The maximum absolute atomic E-state index is 14.0.